The summed E-state index contributed by atoms with van der Waals surface area (Å²) in [6.07, 6.45) is 2.30. The predicted molar refractivity (Wildman–Crippen MR) is 137 cm³/mol. The summed E-state index contributed by atoms with van der Waals surface area (Å²) in [5, 5.41) is 14.8. The topological polar surface area (TPSA) is 81.9 Å². The highest BCUT2D eigenvalue weighted by Gasteiger charge is 2.50. The molecule has 1 saturated carbocycles. The Morgan fingerprint density at radius 2 is 1.86 bits per heavy atom. The Hall–Kier alpha value is -2.87. The number of carbonyl (C=O) groups is 2. The summed E-state index contributed by atoms with van der Waals surface area (Å²) in [6, 6.07) is 6.41. The lowest BCUT2D eigenvalue weighted by Crippen LogP contribution is -2.50. The first-order valence-electron chi connectivity index (χ1n) is 13.5. The number of aliphatic hydroxyl groups is 1. The number of piperazine rings is 1. The zero-order valence-corrected chi connectivity index (χ0v) is 21.6. The van der Waals surface area contributed by atoms with Gasteiger partial charge in [-0.15, -0.1) is 0 Å². The lowest BCUT2D eigenvalue weighted by atomic mass is 9.96. The zero-order valence-electron chi connectivity index (χ0n) is 21.6. The fraction of sp³-hybridized carbons (Fsp3) is 0.607. The number of aromatic nitrogens is 2. The third-order valence-corrected chi connectivity index (χ3v) is 9.03. The van der Waals surface area contributed by atoms with E-state index < -0.39 is 0 Å². The van der Waals surface area contributed by atoms with Crippen molar-refractivity contribution in [2.24, 2.45) is 11.8 Å². The summed E-state index contributed by atoms with van der Waals surface area (Å²) < 4.78 is 1.83. The molecule has 1 aromatic carbocycles. The minimum Gasteiger partial charge on any atom is -0.393 e. The molecule has 2 amide bonds. The van der Waals surface area contributed by atoms with Crippen molar-refractivity contribution in [3.05, 3.63) is 46.3 Å². The van der Waals surface area contributed by atoms with Crippen LogP contribution in [0.1, 0.15) is 58.6 Å². The molecule has 0 unspecified atom stereocenters. The third-order valence-electron chi connectivity index (χ3n) is 9.03. The van der Waals surface area contributed by atoms with Crippen LogP contribution in [-0.2, 0) is 17.8 Å². The first-order chi connectivity index (χ1) is 17.3. The molecule has 0 bridgehead atoms. The molecule has 2 aliphatic carbocycles. The number of likely N-dealkylation sites (tertiary alicyclic amines) is 1. The van der Waals surface area contributed by atoms with E-state index in [1.807, 2.05) is 21.4 Å². The molecule has 6 rings (SSSR count). The molecule has 1 aromatic heterocycles. The largest absolute Gasteiger partial charge is 0.393 e. The molecule has 8 heteroatoms. The fourth-order valence-corrected chi connectivity index (χ4v) is 6.45. The quantitative estimate of drug-likeness (QED) is 0.710. The lowest BCUT2D eigenvalue weighted by Gasteiger charge is -2.37. The summed E-state index contributed by atoms with van der Waals surface area (Å²) in [6.45, 7) is 10.6. The second-order valence-corrected chi connectivity index (χ2v) is 11.3. The predicted octanol–water partition coefficient (Wildman–Crippen LogP) is 2.35. The van der Waals surface area contributed by atoms with Crippen molar-refractivity contribution < 1.29 is 14.7 Å². The Bertz CT molecular complexity index is 1200. The van der Waals surface area contributed by atoms with Gasteiger partial charge < -0.3 is 19.8 Å². The molecule has 3 heterocycles. The lowest BCUT2D eigenvalue weighted by molar-refractivity contribution is -0.132. The van der Waals surface area contributed by atoms with Crippen molar-refractivity contribution in [2.45, 2.75) is 58.6 Å². The van der Waals surface area contributed by atoms with Crippen molar-refractivity contribution in [3.63, 3.8) is 0 Å². The molecule has 0 radical (unpaired) electrons. The van der Waals surface area contributed by atoms with Gasteiger partial charge in [-0.3, -0.25) is 14.3 Å². The number of carbonyl (C=O) groups excluding carboxylic acids is 2. The van der Waals surface area contributed by atoms with E-state index in [4.69, 9.17) is 5.10 Å². The van der Waals surface area contributed by atoms with Crippen molar-refractivity contribution in [3.8, 4) is 0 Å². The van der Waals surface area contributed by atoms with Gasteiger partial charge in [0.15, 0.2) is 5.69 Å². The van der Waals surface area contributed by atoms with Crippen LogP contribution in [0.5, 0.6) is 0 Å². The molecule has 8 nitrogen and oxygen atoms in total. The maximum Gasteiger partial charge on any atom is 0.274 e. The van der Waals surface area contributed by atoms with E-state index in [1.165, 1.54) is 16.8 Å². The number of hydrogen-bond acceptors (Lipinski definition) is 5. The van der Waals surface area contributed by atoms with Crippen LogP contribution in [0.15, 0.2) is 18.2 Å². The molecule has 4 aliphatic rings. The van der Waals surface area contributed by atoms with E-state index >= 15 is 0 Å². The normalized spacial score (nSPS) is 27.2. The Kier molecular flexibility index (Phi) is 5.82. The number of amides is 2. The monoisotopic (exact) mass is 491 g/mol. The van der Waals surface area contributed by atoms with Gasteiger partial charge in [-0.25, -0.2) is 0 Å². The summed E-state index contributed by atoms with van der Waals surface area (Å²) in [5.74, 6) is 1.14. The second-order valence-electron chi connectivity index (χ2n) is 11.3. The number of anilines is 1. The van der Waals surface area contributed by atoms with Crippen LogP contribution in [0.4, 0.5) is 5.69 Å². The Morgan fingerprint density at radius 1 is 1.08 bits per heavy atom. The van der Waals surface area contributed by atoms with Crippen LogP contribution >= 0.6 is 0 Å². The summed E-state index contributed by atoms with van der Waals surface area (Å²) in [4.78, 5) is 32.9. The molecule has 0 spiro atoms. The highest BCUT2D eigenvalue weighted by Crippen LogP contribution is 2.57. The fourth-order valence-electron chi connectivity index (χ4n) is 6.45. The summed E-state index contributed by atoms with van der Waals surface area (Å²) >= 11 is 0. The van der Waals surface area contributed by atoms with E-state index in [0.29, 0.717) is 50.1 Å². The number of piperidine rings is 1. The summed E-state index contributed by atoms with van der Waals surface area (Å²) in [5.41, 5.74) is 6.58. The Balaban J connectivity index is 1.15. The molecule has 3 fully saturated rings. The average Bonchev–Trinajstić information content (AvgIpc) is 3.40. The molecule has 2 aromatic rings. The molecule has 4 atom stereocenters. The van der Waals surface area contributed by atoms with Gasteiger partial charge in [-0.2, -0.15) is 5.10 Å². The smallest absolute Gasteiger partial charge is 0.274 e. The SMILES string of the molecule is Cc1cccc(N2CCN(C(=O)Cn3nc(C(=O)N4CC[C@H](O)[C@@H](C)C4)c4c3C[C@H]3C[C@@H]43)CC2)c1C. The van der Waals surface area contributed by atoms with Crippen molar-refractivity contribution in [1.29, 1.82) is 0 Å². The molecule has 2 saturated heterocycles. The maximum absolute atomic E-state index is 13.5. The summed E-state index contributed by atoms with van der Waals surface area (Å²) in [7, 11) is 0. The average molecular weight is 492 g/mol. The van der Waals surface area contributed by atoms with E-state index in [2.05, 4.69) is 36.9 Å². The number of nitrogens with zero attached hydrogens (tertiary/aromatic N) is 5. The highest BCUT2D eigenvalue weighted by atomic mass is 16.3. The van der Waals surface area contributed by atoms with Gasteiger partial charge in [0.2, 0.25) is 5.91 Å². The number of rotatable bonds is 4. The van der Waals surface area contributed by atoms with Crippen LogP contribution in [0.25, 0.3) is 0 Å². The van der Waals surface area contributed by atoms with Gasteiger partial charge in [0.25, 0.3) is 5.91 Å². The first-order valence-corrected chi connectivity index (χ1v) is 13.5. The zero-order chi connectivity index (χ0) is 25.1. The van der Waals surface area contributed by atoms with E-state index in [-0.39, 0.29) is 30.4 Å². The van der Waals surface area contributed by atoms with Crippen LogP contribution in [-0.4, -0.2) is 81.9 Å². The number of fused-ring (bicyclic) bond motifs is 3. The standard InChI is InChI=1S/C28H37N5O3/c1-17-5-4-6-22(19(17)3)30-9-11-31(12-10-30)25(35)16-33-23-14-20-13-21(20)26(23)27(29-33)28(36)32-8-7-24(34)18(2)15-32/h4-6,18,20-21,24,34H,7-16H2,1-3H3/t18-,20+,21+,24-/m0/s1. The van der Waals surface area contributed by atoms with E-state index in [0.717, 1.165) is 37.2 Å². The van der Waals surface area contributed by atoms with Gasteiger partial charge in [-0.1, -0.05) is 19.1 Å². The van der Waals surface area contributed by atoms with Gasteiger partial charge in [0, 0.05) is 56.2 Å². The number of aliphatic hydroxyl groups excluding tert-OH is 1. The molecule has 1 N–H and O–H groups in total. The molecule has 192 valence electrons. The van der Waals surface area contributed by atoms with Crippen LogP contribution < -0.4 is 4.90 Å². The van der Waals surface area contributed by atoms with E-state index in [1.54, 1.807) is 0 Å². The third kappa shape index (κ3) is 3.99. The van der Waals surface area contributed by atoms with Crippen LogP contribution in [0.2, 0.25) is 0 Å². The minimum absolute atomic E-state index is 0.0362. The molecule has 36 heavy (non-hydrogen) atoms. The van der Waals surface area contributed by atoms with Crippen molar-refractivity contribution >= 4 is 17.5 Å². The van der Waals surface area contributed by atoms with Gasteiger partial charge in [0.1, 0.15) is 6.54 Å². The maximum atomic E-state index is 13.5. The van der Waals surface area contributed by atoms with Crippen LogP contribution in [0.3, 0.4) is 0 Å². The van der Waals surface area contributed by atoms with Gasteiger partial charge in [-0.05, 0) is 68.1 Å². The number of hydrogen-bond donors (Lipinski definition) is 1. The number of benzene rings is 1. The van der Waals surface area contributed by atoms with Crippen molar-refractivity contribution in [1.82, 2.24) is 19.6 Å². The minimum atomic E-state index is -0.349. The number of aryl methyl sites for hydroxylation is 1. The molecule has 2 aliphatic heterocycles. The van der Waals surface area contributed by atoms with E-state index in [9.17, 15) is 14.7 Å². The van der Waals surface area contributed by atoms with Gasteiger partial charge >= 0.3 is 0 Å². The Labute approximate surface area is 212 Å². The van der Waals surface area contributed by atoms with Crippen LogP contribution in [0, 0.1) is 25.7 Å². The van der Waals surface area contributed by atoms with Crippen molar-refractivity contribution in [2.75, 3.05) is 44.2 Å². The highest BCUT2D eigenvalue weighted by molar-refractivity contribution is 5.95. The Morgan fingerprint density at radius 3 is 2.61 bits per heavy atom. The first kappa shape index (κ1) is 23.5. The molecular weight excluding hydrogens is 454 g/mol. The van der Waals surface area contributed by atoms with Gasteiger partial charge in [0.05, 0.1) is 6.10 Å². The second kappa shape index (κ2) is 8.91. The molecular formula is C28H37N5O3.